The van der Waals surface area contributed by atoms with Crippen molar-refractivity contribution in [1.82, 2.24) is 9.38 Å². The summed E-state index contributed by atoms with van der Waals surface area (Å²) >= 11 is 0. The highest BCUT2D eigenvalue weighted by Gasteiger charge is 2.09. The molecule has 0 bridgehead atoms. The molecule has 0 aliphatic rings. The molecular formula is C13H18N2. The minimum absolute atomic E-state index is 0.528. The number of hydrogen-bond donors (Lipinski definition) is 0. The fourth-order valence-electron chi connectivity index (χ4n) is 1.86. The third kappa shape index (κ3) is 1.76. The van der Waals surface area contributed by atoms with Gasteiger partial charge in [-0.2, -0.15) is 0 Å². The highest BCUT2D eigenvalue weighted by molar-refractivity contribution is 5.50. The van der Waals surface area contributed by atoms with Crippen molar-refractivity contribution in [3.8, 4) is 0 Å². The summed E-state index contributed by atoms with van der Waals surface area (Å²) in [5.41, 5.74) is 3.94. The maximum absolute atomic E-state index is 4.21. The lowest BCUT2D eigenvalue weighted by atomic mass is 9.99. The lowest BCUT2D eigenvalue weighted by molar-refractivity contribution is 0.782. The summed E-state index contributed by atoms with van der Waals surface area (Å²) < 4.78 is 2.18. The van der Waals surface area contributed by atoms with Crippen LogP contribution in [0.4, 0.5) is 0 Å². The van der Waals surface area contributed by atoms with E-state index >= 15 is 0 Å². The van der Waals surface area contributed by atoms with Gasteiger partial charge in [0.1, 0.15) is 0 Å². The minimum Gasteiger partial charge on any atom is -0.303 e. The molecule has 0 atom stereocenters. The van der Waals surface area contributed by atoms with E-state index in [9.17, 15) is 0 Å². The summed E-state index contributed by atoms with van der Waals surface area (Å²) in [4.78, 5) is 4.21. The number of imidazole rings is 1. The molecule has 15 heavy (non-hydrogen) atoms. The van der Waals surface area contributed by atoms with Gasteiger partial charge in [0.05, 0.1) is 18.0 Å². The summed E-state index contributed by atoms with van der Waals surface area (Å²) in [5, 5.41) is 0. The average Bonchev–Trinajstić information content (AvgIpc) is 2.62. The van der Waals surface area contributed by atoms with Gasteiger partial charge in [0.25, 0.3) is 0 Å². The lowest BCUT2D eigenvalue weighted by Crippen LogP contribution is -2.01. The molecule has 2 rings (SSSR count). The molecule has 0 radical (unpaired) electrons. The van der Waals surface area contributed by atoms with E-state index in [4.69, 9.17) is 0 Å². The topological polar surface area (TPSA) is 17.3 Å². The standard InChI is InChI=1S/C13H18N2/c1-9(2)11-5-12-7-14-8-15(12)13(6-11)10(3)4/h5-10H,1-4H3. The zero-order valence-electron chi connectivity index (χ0n) is 9.86. The van der Waals surface area contributed by atoms with Crippen LogP contribution in [0.15, 0.2) is 24.7 Å². The van der Waals surface area contributed by atoms with Crippen molar-refractivity contribution < 1.29 is 0 Å². The Labute approximate surface area is 91.0 Å². The van der Waals surface area contributed by atoms with E-state index in [2.05, 4.69) is 49.2 Å². The van der Waals surface area contributed by atoms with Crippen molar-refractivity contribution >= 4 is 5.52 Å². The molecule has 0 saturated heterocycles. The van der Waals surface area contributed by atoms with Gasteiger partial charge in [-0.25, -0.2) is 4.98 Å². The molecule has 2 aromatic heterocycles. The number of hydrogen-bond acceptors (Lipinski definition) is 1. The fraction of sp³-hybridized carbons (Fsp3) is 0.462. The molecule has 0 spiro atoms. The van der Waals surface area contributed by atoms with Crippen molar-refractivity contribution in [2.24, 2.45) is 0 Å². The van der Waals surface area contributed by atoms with Crippen LogP contribution in [-0.4, -0.2) is 9.38 Å². The van der Waals surface area contributed by atoms with E-state index in [1.54, 1.807) is 0 Å². The normalized spacial score (nSPS) is 11.9. The van der Waals surface area contributed by atoms with Gasteiger partial charge < -0.3 is 4.40 Å². The highest BCUT2D eigenvalue weighted by Crippen LogP contribution is 2.23. The smallest absolute Gasteiger partial charge is 0.0994 e. The third-order valence-corrected chi connectivity index (χ3v) is 2.83. The van der Waals surface area contributed by atoms with E-state index in [1.807, 2.05) is 12.5 Å². The number of aromatic nitrogens is 2. The van der Waals surface area contributed by atoms with Crippen LogP contribution < -0.4 is 0 Å². The molecule has 0 saturated carbocycles. The Kier molecular flexibility index (Phi) is 2.51. The Balaban J connectivity index is 2.69. The Bertz CT molecular complexity index is 466. The molecule has 2 heterocycles. The quantitative estimate of drug-likeness (QED) is 0.727. The molecule has 0 aliphatic carbocycles. The van der Waals surface area contributed by atoms with Gasteiger partial charge in [0, 0.05) is 5.69 Å². The molecule has 0 aliphatic heterocycles. The molecule has 0 unspecified atom stereocenters. The first-order valence-corrected chi connectivity index (χ1v) is 5.55. The van der Waals surface area contributed by atoms with Gasteiger partial charge in [-0.1, -0.05) is 27.7 Å². The van der Waals surface area contributed by atoms with Gasteiger partial charge in [-0.05, 0) is 29.5 Å². The van der Waals surface area contributed by atoms with Gasteiger partial charge in [0.2, 0.25) is 0 Å². The van der Waals surface area contributed by atoms with E-state index in [0.29, 0.717) is 11.8 Å². The molecule has 0 amide bonds. The second-order valence-electron chi connectivity index (χ2n) is 4.71. The van der Waals surface area contributed by atoms with Gasteiger partial charge in [-0.3, -0.25) is 0 Å². The van der Waals surface area contributed by atoms with E-state index in [1.165, 1.54) is 16.8 Å². The first-order chi connectivity index (χ1) is 7.09. The van der Waals surface area contributed by atoms with Crippen LogP contribution in [0.3, 0.4) is 0 Å². The van der Waals surface area contributed by atoms with Crippen molar-refractivity contribution in [2.75, 3.05) is 0 Å². The van der Waals surface area contributed by atoms with Crippen molar-refractivity contribution in [1.29, 1.82) is 0 Å². The fourth-order valence-corrected chi connectivity index (χ4v) is 1.86. The molecule has 0 aromatic carbocycles. The number of fused-ring (bicyclic) bond motifs is 1. The van der Waals surface area contributed by atoms with Crippen LogP contribution in [0.2, 0.25) is 0 Å². The molecule has 0 N–H and O–H groups in total. The Morgan fingerprint density at radius 1 is 1.07 bits per heavy atom. The van der Waals surface area contributed by atoms with Crippen LogP contribution in [0.25, 0.3) is 5.52 Å². The van der Waals surface area contributed by atoms with E-state index in [-0.39, 0.29) is 0 Å². The maximum Gasteiger partial charge on any atom is 0.0994 e. The SMILES string of the molecule is CC(C)c1cc(C(C)C)n2cncc2c1. The third-order valence-electron chi connectivity index (χ3n) is 2.83. The number of nitrogens with zero attached hydrogens (tertiary/aromatic N) is 2. The molecule has 2 aromatic rings. The van der Waals surface area contributed by atoms with E-state index in [0.717, 1.165) is 0 Å². The van der Waals surface area contributed by atoms with Crippen LogP contribution in [-0.2, 0) is 0 Å². The summed E-state index contributed by atoms with van der Waals surface area (Å²) in [6.45, 7) is 8.90. The zero-order chi connectivity index (χ0) is 11.0. The predicted octanol–water partition coefficient (Wildman–Crippen LogP) is 3.58. The monoisotopic (exact) mass is 202 g/mol. The average molecular weight is 202 g/mol. The van der Waals surface area contributed by atoms with Crippen molar-refractivity contribution in [3.05, 3.63) is 35.9 Å². The lowest BCUT2D eigenvalue weighted by Gasteiger charge is -2.13. The van der Waals surface area contributed by atoms with Crippen LogP contribution in [0.5, 0.6) is 0 Å². The summed E-state index contributed by atoms with van der Waals surface area (Å²) in [7, 11) is 0. The predicted molar refractivity (Wildman–Crippen MR) is 63.4 cm³/mol. The second kappa shape index (κ2) is 3.69. The van der Waals surface area contributed by atoms with Gasteiger partial charge in [-0.15, -0.1) is 0 Å². The van der Waals surface area contributed by atoms with Crippen LogP contribution in [0, 0.1) is 0 Å². The van der Waals surface area contributed by atoms with Crippen molar-refractivity contribution in [3.63, 3.8) is 0 Å². The number of rotatable bonds is 2. The Morgan fingerprint density at radius 3 is 2.40 bits per heavy atom. The molecule has 2 nitrogen and oxygen atoms in total. The first-order valence-electron chi connectivity index (χ1n) is 5.55. The maximum atomic E-state index is 4.21. The largest absolute Gasteiger partial charge is 0.303 e. The van der Waals surface area contributed by atoms with Gasteiger partial charge >= 0.3 is 0 Å². The molecular weight excluding hydrogens is 184 g/mol. The van der Waals surface area contributed by atoms with Gasteiger partial charge in [0.15, 0.2) is 0 Å². The van der Waals surface area contributed by atoms with Crippen LogP contribution in [0.1, 0.15) is 50.8 Å². The first kappa shape index (κ1) is 10.2. The summed E-state index contributed by atoms with van der Waals surface area (Å²) in [6.07, 6.45) is 3.83. The minimum atomic E-state index is 0.528. The highest BCUT2D eigenvalue weighted by atomic mass is 15.0. The van der Waals surface area contributed by atoms with Crippen LogP contribution >= 0.6 is 0 Å². The Morgan fingerprint density at radius 2 is 1.80 bits per heavy atom. The van der Waals surface area contributed by atoms with E-state index < -0.39 is 0 Å². The Hall–Kier alpha value is -1.31. The second-order valence-corrected chi connectivity index (χ2v) is 4.71. The summed E-state index contributed by atoms with van der Waals surface area (Å²) in [6, 6.07) is 4.52. The van der Waals surface area contributed by atoms with Crippen molar-refractivity contribution in [2.45, 2.75) is 39.5 Å². The number of pyridine rings is 1. The molecule has 2 heteroatoms. The summed E-state index contributed by atoms with van der Waals surface area (Å²) in [5.74, 6) is 1.10. The molecule has 80 valence electrons. The zero-order valence-corrected chi connectivity index (χ0v) is 9.86. The molecule has 0 fully saturated rings.